The molecule has 0 aliphatic carbocycles. The molecule has 2 atom stereocenters. The van der Waals surface area contributed by atoms with E-state index in [2.05, 4.69) is 49.1 Å². The summed E-state index contributed by atoms with van der Waals surface area (Å²) in [5, 5.41) is 23.9. The van der Waals surface area contributed by atoms with Crippen LogP contribution in [0, 0.1) is 13.8 Å². The fourth-order valence-corrected chi connectivity index (χ4v) is 5.13. The van der Waals surface area contributed by atoms with E-state index < -0.39 is 12.2 Å². The van der Waals surface area contributed by atoms with Gasteiger partial charge in [0.1, 0.15) is 11.4 Å². The zero-order valence-electron chi connectivity index (χ0n) is 18.3. The lowest BCUT2D eigenvalue weighted by molar-refractivity contribution is -0.0577. The summed E-state index contributed by atoms with van der Waals surface area (Å²) in [5.41, 5.74) is 4.00. The Morgan fingerprint density at radius 2 is 1.81 bits per heavy atom. The summed E-state index contributed by atoms with van der Waals surface area (Å²) in [6, 6.07) is 18.5. The molecule has 2 aliphatic heterocycles. The molecule has 1 saturated heterocycles. The molecule has 3 aromatic carbocycles. The molecule has 2 unspecified atom stereocenters. The van der Waals surface area contributed by atoms with Crippen LogP contribution in [-0.2, 0) is 0 Å². The minimum Gasteiger partial charge on any atom is -0.486 e. The average Bonchev–Trinajstić information content (AvgIpc) is 2.77. The first-order valence-electron chi connectivity index (χ1n) is 11.3. The zero-order valence-corrected chi connectivity index (χ0v) is 18.3. The van der Waals surface area contributed by atoms with Crippen LogP contribution in [0.3, 0.4) is 0 Å². The van der Waals surface area contributed by atoms with Crippen molar-refractivity contribution in [3.63, 3.8) is 0 Å². The number of likely N-dealkylation sites (tertiary alicyclic amines) is 1. The van der Waals surface area contributed by atoms with Crippen molar-refractivity contribution in [3.8, 4) is 5.75 Å². The lowest BCUT2D eigenvalue weighted by Gasteiger charge is -2.46. The maximum absolute atomic E-state index is 10.9. The first kappa shape index (κ1) is 20.5. The molecule has 1 spiro atoms. The minimum atomic E-state index is -0.499. The van der Waals surface area contributed by atoms with Gasteiger partial charge in [0, 0.05) is 37.0 Å². The molecule has 4 nitrogen and oxygen atoms in total. The monoisotopic (exact) mass is 417 g/mol. The van der Waals surface area contributed by atoms with Gasteiger partial charge in [0.05, 0.1) is 12.2 Å². The van der Waals surface area contributed by atoms with E-state index in [4.69, 9.17) is 4.74 Å². The number of fused-ring (bicyclic) bond motifs is 3. The van der Waals surface area contributed by atoms with Crippen LogP contribution < -0.4 is 4.74 Å². The van der Waals surface area contributed by atoms with Gasteiger partial charge in [-0.1, -0.05) is 54.6 Å². The van der Waals surface area contributed by atoms with E-state index in [1.165, 1.54) is 11.1 Å². The van der Waals surface area contributed by atoms with Crippen LogP contribution in [0.15, 0.2) is 54.6 Å². The lowest BCUT2D eigenvalue weighted by Crippen LogP contribution is -2.51. The van der Waals surface area contributed by atoms with Crippen LogP contribution in [0.2, 0.25) is 0 Å². The molecular formula is C27H31NO3. The second-order valence-electron chi connectivity index (χ2n) is 9.37. The summed E-state index contributed by atoms with van der Waals surface area (Å²) in [6.07, 6.45) is 1.35. The molecule has 0 saturated carbocycles. The van der Waals surface area contributed by atoms with E-state index in [0.29, 0.717) is 13.0 Å². The van der Waals surface area contributed by atoms with Crippen LogP contribution in [0.25, 0.3) is 10.8 Å². The van der Waals surface area contributed by atoms with Crippen molar-refractivity contribution in [1.29, 1.82) is 0 Å². The highest BCUT2D eigenvalue weighted by atomic mass is 16.5. The van der Waals surface area contributed by atoms with E-state index in [1.54, 1.807) is 0 Å². The van der Waals surface area contributed by atoms with Crippen molar-refractivity contribution in [1.82, 2.24) is 4.90 Å². The first-order chi connectivity index (χ1) is 14.9. The quantitative estimate of drug-likeness (QED) is 0.640. The van der Waals surface area contributed by atoms with Gasteiger partial charge in [-0.2, -0.15) is 0 Å². The molecule has 162 valence electrons. The van der Waals surface area contributed by atoms with Crippen LogP contribution in [0.5, 0.6) is 5.75 Å². The average molecular weight is 418 g/mol. The standard InChI is InChI=1S/C27H31NO3/c1-18-7-8-21(15-19(18)2)25(30)17-28-13-11-27(12-14-28)16-24(29)23-10-9-20-5-3-4-6-22(20)26(23)31-27/h3-10,15,24-25,29-30H,11-14,16-17H2,1-2H3. The number of aryl methyl sites for hydroxylation is 2. The largest absolute Gasteiger partial charge is 0.486 e. The minimum absolute atomic E-state index is 0.335. The molecule has 2 aliphatic rings. The molecular weight excluding hydrogens is 386 g/mol. The van der Waals surface area contributed by atoms with E-state index >= 15 is 0 Å². The van der Waals surface area contributed by atoms with Gasteiger partial charge >= 0.3 is 0 Å². The Hall–Kier alpha value is -2.40. The second kappa shape index (κ2) is 7.94. The van der Waals surface area contributed by atoms with E-state index in [0.717, 1.165) is 53.6 Å². The number of piperidine rings is 1. The highest BCUT2D eigenvalue weighted by Gasteiger charge is 2.43. The third-order valence-corrected chi connectivity index (χ3v) is 7.27. The third kappa shape index (κ3) is 3.84. The highest BCUT2D eigenvalue weighted by molar-refractivity contribution is 5.90. The Morgan fingerprint density at radius 3 is 2.58 bits per heavy atom. The van der Waals surface area contributed by atoms with Crippen LogP contribution in [0.1, 0.15) is 53.7 Å². The van der Waals surface area contributed by atoms with Gasteiger partial charge in [-0.15, -0.1) is 0 Å². The molecule has 1 fully saturated rings. The molecule has 0 bridgehead atoms. The normalized spacial score (nSPS) is 21.6. The fraction of sp³-hybridized carbons (Fsp3) is 0.407. The smallest absolute Gasteiger partial charge is 0.133 e. The maximum atomic E-state index is 10.9. The summed E-state index contributed by atoms with van der Waals surface area (Å²) in [4.78, 5) is 2.32. The topological polar surface area (TPSA) is 52.9 Å². The summed E-state index contributed by atoms with van der Waals surface area (Å²) >= 11 is 0. The second-order valence-corrected chi connectivity index (χ2v) is 9.37. The van der Waals surface area contributed by atoms with E-state index in [1.807, 2.05) is 24.3 Å². The third-order valence-electron chi connectivity index (χ3n) is 7.27. The van der Waals surface area contributed by atoms with Gasteiger partial charge in [0.25, 0.3) is 0 Å². The summed E-state index contributed by atoms with van der Waals surface area (Å²) in [7, 11) is 0. The molecule has 4 heteroatoms. The predicted molar refractivity (Wildman–Crippen MR) is 123 cm³/mol. The van der Waals surface area contributed by atoms with Gasteiger partial charge in [-0.05, 0) is 48.8 Å². The zero-order chi connectivity index (χ0) is 21.6. The van der Waals surface area contributed by atoms with Crippen molar-refractivity contribution in [2.75, 3.05) is 19.6 Å². The molecule has 2 N–H and O–H groups in total. The van der Waals surface area contributed by atoms with Gasteiger partial charge < -0.3 is 19.8 Å². The first-order valence-corrected chi connectivity index (χ1v) is 11.3. The summed E-state index contributed by atoms with van der Waals surface area (Å²) < 4.78 is 6.66. The van der Waals surface area contributed by atoms with Gasteiger partial charge in [0.15, 0.2) is 0 Å². The van der Waals surface area contributed by atoms with E-state index in [9.17, 15) is 10.2 Å². The molecule has 0 amide bonds. The Balaban J connectivity index is 1.30. The van der Waals surface area contributed by atoms with Crippen molar-refractivity contribution >= 4 is 10.8 Å². The number of hydrogen-bond acceptors (Lipinski definition) is 4. The van der Waals surface area contributed by atoms with Crippen LogP contribution in [-0.4, -0.2) is 40.3 Å². The van der Waals surface area contributed by atoms with E-state index in [-0.39, 0.29) is 5.60 Å². The Bertz CT molecular complexity index is 1100. The number of aliphatic hydroxyl groups excluding tert-OH is 2. The molecule has 5 rings (SSSR count). The predicted octanol–water partition coefficient (Wildman–Crippen LogP) is 4.84. The van der Waals surface area contributed by atoms with Crippen LogP contribution in [0.4, 0.5) is 0 Å². The number of rotatable bonds is 3. The SMILES string of the molecule is Cc1ccc(C(O)CN2CCC3(CC2)CC(O)c2ccc4ccccc4c2O3)cc1C. The van der Waals surface area contributed by atoms with Crippen molar-refractivity contribution in [2.24, 2.45) is 0 Å². The Labute approximate surface area is 184 Å². The number of aliphatic hydroxyl groups is 2. The molecule has 0 radical (unpaired) electrons. The van der Waals surface area contributed by atoms with Crippen LogP contribution >= 0.6 is 0 Å². The number of nitrogens with zero attached hydrogens (tertiary/aromatic N) is 1. The number of benzene rings is 3. The highest BCUT2D eigenvalue weighted by Crippen LogP contribution is 2.47. The number of ether oxygens (including phenoxy) is 1. The van der Waals surface area contributed by atoms with Crippen molar-refractivity contribution in [3.05, 3.63) is 76.9 Å². The lowest BCUT2D eigenvalue weighted by atomic mass is 9.81. The molecule has 3 aromatic rings. The fourth-order valence-electron chi connectivity index (χ4n) is 5.13. The van der Waals surface area contributed by atoms with Gasteiger partial charge in [-0.3, -0.25) is 0 Å². The van der Waals surface area contributed by atoms with Crippen molar-refractivity contribution < 1.29 is 14.9 Å². The number of β-amino-alcohol motifs (C(OH)–C–C–N with tert-alkyl or cyclic N) is 1. The summed E-state index contributed by atoms with van der Waals surface area (Å²) in [6.45, 7) is 6.52. The Kier molecular flexibility index (Phi) is 5.25. The molecule has 2 heterocycles. The Morgan fingerprint density at radius 1 is 1.03 bits per heavy atom. The molecule has 31 heavy (non-hydrogen) atoms. The van der Waals surface area contributed by atoms with Gasteiger partial charge in [-0.25, -0.2) is 0 Å². The molecule has 0 aromatic heterocycles. The summed E-state index contributed by atoms with van der Waals surface area (Å²) in [5.74, 6) is 0.848. The van der Waals surface area contributed by atoms with Crippen molar-refractivity contribution in [2.45, 2.75) is 50.9 Å². The number of hydrogen-bond donors (Lipinski definition) is 2. The maximum Gasteiger partial charge on any atom is 0.133 e. The van der Waals surface area contributed by atoms with Gasteiger partial charge in [0.2, 0.25) is 0 Å².